The number of benzene rings is 1. The topological polar surface area (TPSA) is 85.4 Å². The molecule has 4 heterocycles. The molecule has 0 bridgehead atoms. The first-order chi connectivity index (χ1) is 17.0. The second-order valence-electron chi connectivity index (χ2n) is 9.62. The van der Waals surface area contributed by atoms with Crippen molar-refractivity contribution in [1.82, 2.24) is 24.5 Å². The Kier molecular flexibility index (Phi) is 7.28. The second-order valence-corrected chi connectivity index (χ2v) is 10.5. The van der Waals surface area contributed by atoms with E-state index in [9.17, 15) is 0 Å². The van der Waals surface area contributed by atoms with Gasteiger partial charge in [0, 0.05) is 35.7 Å². The van der Waals surface area contributed by atoms with E-state index in [0.717, 1.165) is 56.2 Å². The minimum Gasteiger partial charge on any atom is -0.363 e. The van der Waals surface area contributed by atoms with E-state index in [1.165, 1.54) is 19.2 Å². The molecule has 35 heavy (non-hydrogen) atoms. The van der Waals surface area contributed by atoms with Crippen molar-refractivity contribution in [2.45, 2.75) is 38.6 Å². The molecule has 2 aliphatic heterocycles. The highest BCUT2D eigenvalue weighted by Crippen LogP contribution is 2.34. The molecule has 2 aliphatic rings. The SMILES string of the molecule is C[C@@H](Nc1cc(N2CCC([C@H]3CCCN(CC#N)C3)CC2)nc2ncnn12)c1ccc(Cl)cc1Cl. The minimum atomic E-state index is -0.0594. The molecule has 0 radical (unpaired) electrons. The highest BCUT2D eigenvalue weighted by Gasteiger charge is 2.30. The summed E-state index contributed by atoms with van der Waals surface area (Å²) in [5, 5.41) is 18.2. The van der Waals surface area contributed by atoms with E-state index < -0.39 is 0 Å². The van der Waals surface area contributed by atoms with Crippen LogP contribution in [0, 0.1) is 23.2 Å². The summed E-state index contributed by atoms with van der Waals surface area (Å²) < 4.78 is 1.72. The van der Waals surface area contributed by atoms with Gasteiger partial charge in [-0.15, -0.1) is 0 Å². The van der Waals surface area contributed by atoms with Crippen LogP contribution in [0.25, 0.3) is 5.78 Å². The number of halogens is 2. The molecule has 1 N–H and O–H groups in total. The summed E-state index contributed by atoms with van der Waals surface area (Å²) in [5.41, 5.74) is 0.960. The van der Waals surface area contributed by atoms with E-state index in [1.54, 1.807) is 10.6 Å². The van der Waals surface area contributed by atoms with Crippen LogP contribution in [0.5, 0.6) is 0 Å². The quantitative estimate of drug-likeness (QED) is 0.462. The van der Waals surface area contributed by atoms with Gasteiger partial charge in [-0.25, -0.2) is 0 Å². The number of nitrogens with one attached hydrogen (secondary N) is 1. The standard InChI is InChI=1S/C25H30Cl2N8/c1-17(21-5-4-20(26)13-22(21)27)31-24-14-23(32-25-29-16-30-35(24)25)34-10-6-18(7-11-34)19-3-2-9-33(15-19)12-8-28/h4-5,13-14,16-19,31H,2-3,6-7,9-12,15H2,1H3/t17-,19+/m1/s1. The molecule has 10 heteroatoms. The lowest BCUT2D eigenvalue weighted by atomic mass is 9.79. The lowest BCUT2D eigenvalue weighted by Crippen LogP contribution is -2.43. The Morgan fingerprint density at radius 3 is 2.74 bits per heavy atom. The Morgan fingerprint density at radius 1 is 1.14 bits per heavy atom. The molecule has 2 atom stereocenters. The third kappa shape index (κ3) is 5.32. The molecule has 0 spiro atoms. The summed E-state index contributed by atoms with van der Waals surface area (Å²) in [4.78, 5) is 13.8. The van der Waals surface area contributed by atoms with Gasteiger partial charge in [-0.1, -0.05) is 29.3 Å². The number of hydrogen-bond donors (Lipinski definition) is 1. The van der Waals surface area contributed by atoms with Crippen molar-refractivity contribution in [3.63, 3.8) is 0 Å². The molecule has 0 amide bonds. The van der Waals surface area contributed by atoms with Crippen molar-refractivity contribution in [3.8, 4) is 6.07 Å². The van der Waals surface area contributed by atoms with Gasteiger partial charge in [-0.3, -0.25) is 4.90 Å². The van der Waals surface area contributed by atoms with Crippen LogP contribution in [0.4, 0.5) is 11.6 Å². The summed E-state index contributed by atoms with van der Waals surface area (Å²) in [7, 11) is 0. The maximum Gasteiger partial charge on any atom is 0.256 e. The van der Waals surface area contributed by atoms with Crippen molar-refractivity contribution < 1.29 is 0 Å². The first kappa shape index (κ1) is 24.1. The number of hydrogen-bond acceptors (Lipinski definition) is 7. The van der Waals surface area contributed by atoms with Gasteiger partial charge in [0.15, 0.2) is 0 Å². The predicted octanol–water partition coefficient (Wildman–Crippen LogP) is 5.06. The third-order valence-corrected chi connectivity index (χ3v) is 7.96. The summed E-state index contributed by atoms with van der Waals surface area (Å²) >= 11 is 12.5. The van der Waals surface area contributed by atoms with Crippen molar-refractivity contribution in [2.75, 3.05) is 42.9 Å². The molecular formula is C25H30Cl2N8. The normalized spacial score (nSPS) is 20.6. The number of rotatable bonds is 6. The largest absolute Gasteiger partial charge is 0.363 e. The van der Waals surface area contributed by atoms with E-state index in [-0.39, 0.29) is 6.04 Å². The fourth-order valence-corrected chi connectivity index (χ4v) is 6.11. The Labute approximate surface area is 215 Å². The number of aromatic nitrogens is 4. The van der Waals surface area contributed by atoms with Crippen LogP contribution < -0.4 is 10.2 Å². The Balaban J connectivity index is 1.30. The zero-order valence-electron chi connectivity index (χ0n) is 19.9. The number of likely N-dealkylation sites (tertiary alicyclic amines) is 1. The highest BCUT2D eigenvalue weighted by molar-refractivity contribution is 6.35. The molecule has 2 aromatic heterocycles. The maximum atomic E-state index is 9.07. The van der Waals surface area contributed by atoms with E-state index in [1.807, 2.05) is 12.1 Å². The fraction of sp³-hybridized carbons (Fsp3) is 0.520. The number of anilines is 2. The molecule has 5 rings (SSSR count). The zero-order valence-corrected chi connectivity index (χ0v) is 21.4. The van der Waals surface area contributed by atoms with Crippen LogP contribution in [-0.4, -0.2) is 57.2 Å². The van der Waals surface area contributed by atoms with Gasteiger partial charge in [0.2, 0.25) is 0 Å². The van der Waals surface area contributed by atoms with E-state index >= 15 is 0 Å². The van der Waals surface area contributed by atoms with Crippen LogP contribution in [0.2, 0.25) is 10.0 Å². The minimum absolute atomic E-state index is 0.0594. The summed E-state index contributed by atoms with van der Waals surface area (Å²) in [5.74, 6) is 3.70. The van der Waals surface area contributed by atoms with Gasteiger partial charge in [0.25, 0.3) is 5.78 Å². The lowest BCUT2D eigenvalue weighted by molar-refractivity contribution is 0.132. The summed E-state index contributed by atoms with van der Waals surface area (Å²) in [6.07, 6.45) is 6.28. The van der Waals surface area contributed by atoms with Gasteiger partial charge in [0.1, 0.15) is 18.0 Å². The Bertz CT molecular complexity index is 1210. The van der Waals surface area contributed by atoms with Crippen molar-refractivity contribution in [2.24, 2.45) is 11.8 Å². The van der Waals surface area contributed by atoms with Crippen molar-refractivity contribution in [1.29, 1.82) is 5.26 Å². The van der Waals surface area contributed by atoms with Crippen LogP contribution >= 0.6 is 23.2 Å². The maximum absolute atomic E-state index is 9.07. The molecule has 8 nitrogen and oxygen atoms in total. The van der Waals surface area contributed by atoms with Crippen LogP contribution in [0.1, 0.15) is 44.2 Å². The Hall–Kier alpha value is -2.60. The number of piperidine rings is 2. The van der Waals surface area contributed by atoms with E-state index in [2.05, 4.69) is 44.3 Å². The average Bonchev–Trinajstić information content (AvgIpc) is 3.34. The molecule has 0 unspecified atom stereocenters. The lowest BCUT2D eigenvalue weighted by Gasteiger charge is -2.40. The van der Waals surface area contributed by atoms with Gasteiger partial charge in [-0.2, -0.15) is 24.8 Å². The molecule has 1 aromatic carbocycles. The molecular weight excluding hydrogens is 483 g/mol. The Morgan fingerprint density at radius 2 is 1.97 bits per heavy atom. The first-order valence-corrected chi connectivity index (χ1v) is 13.0. The highest BCUT2D eigenvalue weighted by atomic mass is 35.5. The summed E-state index contributed by atoms with van der Waals surface area (Å²) in [6.45, 7) is 6.65. The van der Waals surface area contributed by atoms with Crippen LogP contribution in [-0.2, 0) is 0 Å². The van der Waals surface area contributed by atoms with Gasteiger partial charge < -0.3 is 10.2 Å². The first-order valence-electron chi connectivity index (χ1n) is 12.3. The number of nitriles is 1. The third-order valence-electron chi connectivity index (χ3n) is 7.40. The number of fused-ring (bicyclic) bond motifs is 1. The van der Waals surface area contributed by atoms with Crippen LogP contribution in [0.15, 0.2) is 30.6 Å². The monoisotopic (exact) mass is 512 g/mol. The number of nitrogens with zero attached hydrogens (tertiary/aromatic N) is 7. The molecule has 184 valence electrons. The average molecular weight is 513 g/mol. The fourth-order valence-electron chi connectivity index (χ4n) is 5.54. The molecule has 0 aliphatic carbocycles. The van der Waals surface area contributed by atoms with Gasteiger partial charge in [0.05, 0.1) is 18.7 Å². The van der Waals surface area contributed by atoms with Gasteiger partial charge in [-0.05, 0) is 68.7 Å². The van der Waals surface area contributed by atoms with Crippen LogP contribution in [0.3, 0.4) is 0 Å². The second kappa shape index (κ2) is 10.6. The van der Waals surface area contributed by atoms with Crippen molar-refractivity contribution in [3.05, 3.63) is 46.2 Å². The van der Waals surface area contributed by atoms with E-state index in [0.29, 0.717) is 34.2 Å². The predicted molar refractivity (Wildman–Crippen MR) is 139 cm³/mol. The van der Waals surface area contributed by atoms with Gasteiger partial charge >= 0.3 is 0 Å². The molecule has 2 fully saturated rings. The molecule has 0 saturated carbocycles. The molecule has 2 saturated heterocycles. The summed E-state index contributed by atoms with van der Waals surface area (Å²) in [6, 6.07) is 9.86. The van der Waals surface area contributed by atoms with Crippen molar-refractivity contribution >= 4 is 40.6 Å². The molecule has 3 aromatic rings. The van der Waals surface area contributed by atoms with E-state index in [4.69, 9.17) is 33.4 Å². The zero-order chi connectivity index (χ0) is 24.4. The smallest absolute Gasteiger partial charge is 0.256 e.